The fraction of sp³-hybridized carbons (Fsp3) is 0.333. The number of ether oxygens (including phenoxy) is 2. The van der Waals surface area contributed by atoms with Gasteiger partial charge in [-0.1, -0.05) is 0 Å². The largest absolute Gasteiger partial charge is 0.493 e. The minimum absolute atomic E-state index is 0.455. The molecule has 0 aliphatic rings. The minimum atomic E-state index is 0.455. The number of aromatic nitrogens is 1. The molecule has 2 N–H and O–H groups in total. The second-order valence-corrected chi connectivity index (χ2v) is 4.60. The van der Waals surface area contributed by atoms with Gasteiger partial charge in [0.15, 0.2) is 11.5 Å². The van der Waals surface area contributed by atoms with E-state index in [1.165, 1.54) is 0 Å². The molecular formula is C12H15N2O2S. The molecule has 1 radical (unpaired) electrons. The van der Waals surface area contributed by atoms with E-state index >= 15 is 0 Å². The van der Waals surface area contributed by atoms with Crippen LogP contribution in [0.3, 0.4) is 0 Å². The van der Waals surface area contributed by atoms with Crippen LogP contribution in [0.4, 0.5) is 0 Å². The van der Waals surface area contributed by atoms with Crippen LogP contribution in [0.1, 0.15) is 11.4 Å². The van der Waals surface area contributed by atoms with Gasteiger partial charge in [0.25, 0.3) is 0 Å². The van der Waals surface area contributed by atoms with Crippen LogP contribution in [0.2, 0.25) is 0 Å². The second kappa shape index (κ2) is 5.33. The fourth-order valence-corrected chi connectivity index (χ4v) is 2.38. The number of nitrogens with two attached hydrogens (primary N) is 1. The highest BCUT2D eigenvalue weighted by molar-refractivity contribution is 7.18. The van der Waals surface area contributed by atoms with E-state index in [9.17, 15) is 0 Å². The first-order valence-corrected chi connectivity index (χ1v) is 6.19. The molecule has 0 unspecified atom stereocenters. The van der Waals surface area contributed by atoms with Gasteiger partial charge in [-0.15, -0.1) is 11.3 Å². The van der Waals surface area contributed by atoms with Crippen molar-refractivity contribution in [2.75, 3.05) is 13.7 Å². The van der Waals surface area contributed by atoms with Crippen molar-refractivity contribution in [3.05, 3.63) is 24.1 Å². The summed E-state index contributed by atoms with van der Waals surface area (Å²) in [5, 5.41) is 0.913. The molecule has 0 fully saturated rings. The van der Waals surface area contributed by atoms with E-state index in [1.807, 2.05) is 12.1 Å². The van der Waals surface area contributed by atoms with Crippen LogP contribution in [-0.4, -0.2) is 18.7 Å². The van der Waals surface area contributed by atoms with Crippen molar-refractivity contribution >= 4 is 21.6 Å². The summed E-state index contributed by atoms with van der Waals surface area (Å²) in [6, 6.07) is 3.82. The topological polar surface area (TPSA) is 57.4 Å². The third kappa shape index (κ3) is 2.50. The molecule has 2 aromatic rings. The second-order valence-electron chi connectivity index (χ2n) is 3.48. The van der Waals surface area contributed by atoms with Gasteiger partial charge in [-0.25, -0.2) is 4.98 Å². The van der Waals surface area contributed by atoms with Gasteiger partial charge in [-0.2, -0.15) is 0 Å². The number of methoxy groups -OCH3 is 1. The van der Waals surface area contributed by atoms with Gasteiger partial charge in [0.1, 0.15) is 5.01 Å². The van der Waals surface area contributed by atoms with Crippen molar-refractivity contribution in [2.24, 2.45) is 5.73 Å². The number of hydrogen-bond donors (Lipinski definition) is 1. The summed E-state index contributed by atoms with van der Waals surface area (Å²) in [6.45, 7) is 4.76. The van der Waals surface area contributed by atoms with Crippen LogP contribution < -0.4 is 15.2 Å². The molecule has 1 heterocycles. The van der Waals surface area contributed by atoms with Crippen molar-refractivity contribution in [2.45, 2.75) is 13.0 Å². The Morgan fingerprint density at radius 1 is 1.41 bits per heavy atom. The summed E-state index contributed by atoms with van der Waals surface area (Å²) in [7, 11) is 1.63. The van der Waals surface area contributed by atoms with E-state index in [4.69, 9.17) is 15.2 Å². The lowest BCUT2D eigenvalue weighted by molar-refractivity contribution is 0.300. The lowest BCUT2D eigenvalue weighted by Gasteiger charge is -2.09. The quantitative estimate of drug-likeness (QED) is 0.886. The van der Waals surface area contributed by atoms with Crippen LogP contribution in [0, 0.1) is 6.92 Å². The number of hydrogen-bond acceptors (Lipinski definition) is 5. The lowest BCUT2D eigenvalue weighted by atomic mass is 10.3. The summed E-state index contributed by atoms with van der Waals surface area (Å²) >= 11 is 1.58. The highest BCUT2D eigenvalue weighted by Crippen LogP contribution is 2.34. The Balaban J connectivity index is 2.43. The average molecular weight is 251 g/mol. The van der Waals surface area contributed by atoms with E-state index in [0.717, 1.165) is 21.0 Å². The first-order chi connectivity index (χ1) is 8.28. The average Bonchev–Trinajstić information content (AvgIpc) is 2.76. The van der Waals surface area contributed by atoms with Crippen LogP contribution in [0.25, 0.3) is 10.2 Å². The maximum atomic E-state index is 5.58. The van der Waals surface area contributed by atoms with Crippen molar-refractivity contribution < 1.29 is 9.47 Å². The standard InChI is InChI=1S/C12H15N2O2S/c1-3-4-16-10-5-8-11(6-9(10)15-2)17-12(7-13)14-8/h5-6H,1,3-4,7,13H2,2H3. The summed E-state index contributed by atoms with van der Waals surface area (Å²) in [5.74, 6) is 1.43. The zero-order valence-corrected chi connectivity index (χ0v) is 10.5. The van der Waals surface area contributed by atoms with Gasteiger partial charge in [0, 0.05) is 18.7 Å². The summed E-state index contributed by atoms with van der Waals surface area (Å²) in [6.07, 6.45) is 0.715. The van der Waals surface area contributed by atoms with Gasteiger partial charge < -0.3 is 15.2 Å². The highest BCUT2D eigenvalue weighted by Gasteiger charge is 2.10. The number of nitrogens with zero attached hydrogens (tertiary/aromatic N) is 1. The Morgan fingerprint density at radius 3 is 2.88 bits per heavy atom. The molecule has 5 heteroatoms. The van der Waals surface area contributed by atoms with Crippen LogP contribution >= 0.6 is 11.3 Å². The molecule has 1 aromatic heterocycles. The van der Waals surface area contributed by atoms with E-state index in [1.54, 1.807) is 18.4 Å². The van der Waals surface area contributed by atoms with Gasteiger partial charge in [0.05, 0.1) is 23.9 Å². The number of benzene rings is 1. The van der Waals surface area contributed by atoms with Gasteiger partial charge in [-0.05, 0) is 13.3 Å². The predicted molar refractivity (Wildman–Crippen MR) is 69.5 cm³/mol. The monoisotopic (exact) mass is 251 g/mol. The molecule has 0 atom stereocenters. The first-order valence-electron chi connectivity index (χ1n) is 5.38. The molecule has 0 spiro atoms. The zero-order valence-electron chi connectivity index (χ0n) is 9.73. The first kappa shape index (κ1) is 12.1. The van der Waals surface area contributed by atoms with Gasteiger partial charge in [0.2, 0.25) is 0 Å². The normalized spacial score (nSPS) is 10.8. The molecule has 0 amide bonds. The highest BCUT2D eigenvalue weighted by atomic mass is 32.1. The number of fused-ring (bicyclic) bond motifs is 1. The Bertz CT molecular complexity index is 510. The van der Waals surface area contributed by atoms with Crippen molar-refractivity contribution in [3.63, 3.8) is 0 Å². The molecule has 2 rings (SSSR count). The Labute approximate surface area is 104 Å². The Kier molecular flexibility index (Phi) is 3.81. The molecule has 0 saturated heterocycles. The predicted octanol–water partition coefficient (Wildman–Crippen LogP) is 2.37. The molecule has 4 nitrogen and oxygen atoms in total. The van der Waals surface area contributed by atoms with Crippen LogP contribution in [0.5, 0.6) is 11.5 Å². The Hall–Kier alpha value is -1.33. The SMILES string of the molecule is [CH2]CCOc1cc2nc(CN)sc2cc1OC. The molecule has 0 aliphatic heterocycles. The third-order valence-corrected chi connectivity index (χ3v) is 3.34. The fourth-order valence-electron chi connectivity index (χ4n) is 1.53. The molecule has 91 valence electrons. The summed E-state index contributed by atoms with van der Waals surface area (Å²) in [4.78, 5) is 4.42. The summed E-state index contributed by atoms with van der Waals surface area (Å²) < 4.78 is 11.9. The van der Waals surface area contributed by atoms with Gasteiger partial charge in [-0.3, -0.25) is 0 Å². The maximum Gasteiger partial charge on any atom is 0.163 e. The number of thiazole rings is 1. The van der Waals surface area contributed by atoms with Gasteiger partial charge >= 0.3 is 0 Å². The van der Waals surface area contributed by atoms with Crippen molar-refractivity contribution in [1.29, 1.82) is 0 Å². The maximum absolute atomic E-state index is 5.58. The molecular weight excluding hydrogens is 236 g/mol. The number of rotatable bonds is 5. The Morgan fingerprint density at radius 2 is 2.24 bits per heavy atom. The van der Waals surface area contributed by atoms with E-state index in [0.29, 0.717) is 25.3 Å². The van der Waals surface area contributed by atoms with Crippen molar-refractivity contribution in [1.82, 2.24) is 4.98 Å². The van der Waals surface area contributed by atoms with Crippen LogP contribution in [-0.2, 0) is 6.54 Å². The molecule has 0 bridgehead atoms. The summed E-state index contributed by atoms with van der Waals surface area (Å²) in [5.41, 5.74) is 6.48. The van der Waals surface area contributed by atoms with Crippen molar-refractivity contribution in [3.8, 4) is 11.5 Å². The molecule has 0 saturated carbocycles. The smallest absolute Gasteiger partial charge is 0.163 e. The molecule has 1 aromatic carbocycles. The van der Waals surface area contributed by atoms with E-state index in [-0.39, 0.29) is 0 Å². The van der Waals surface area contributed by atoms with E-state index in [2.05, 4.69) is 11.9 Å². The lowest BCUT2D eigenvalue weighted by Crippen LogP contribution is -1.97. The molecule has 17 heavy (non-hydrogen) atoms. The van der Waals surface area contributed by atoms with E-state index < -0.39 is 0 Å². The molecule has 0 aliphatic carbocycles. The minimum Gasteiger partial charge on any atom is -0.493 e. The third-order valence-electron chi connectivity index (χ3n) is 2.29. The zero-order chi connectivity index (χ0) is 12.3. The van der Waals surface area contributed by atoms with Crippen LogP contribution in [0.15, 0.2) is 12.1 Å².